The van der Waals surface area contributed by atoms with Gasteiger partial charge >= 0.3 is 0 Å². The summed E-state index contributed by atoms with van der Waals surface area (Å²) in [4.78, 5) is 0. The fourth-order valence-electron chi connectivity index (χ4n) is 2.10. The van der Waals surface area contributed by atoms with Crippen LogP contribution in [0.3, 0.4) is 0 Å². The van der Waals surface area contributed by atoms with E-state index in [4.69, 9.17) is 16.3 Å². The number of hydrogen-bond acceptors (Lipinski definition) is 2. The molecule has 0 saturated carbocycles. The van der Waals surface area contributed by atoms with Crippen molar-refractivity contribution >= 4 is 34.2 Å². The van der Waals surface area contributed by atoms with E-state index < -0.39 is 0 Å². The fourth-order valence-corrected chi connectivity index (χ4v) is 2.93. The summed E-state index contributed by atoms with van der Waals surface area (Å²) in [7, 11) is 3.29. The molecule has 0 aromatic heterocycles. The van der Waals surface area contributed by atoms with Crippen molar-refractivity contribution < 1.29 is 9.13 Å². The van der Waals surface area contributed by atoms with E-state index >= 15 is 0 Å². The van der Waals surface area contributed by atoms with E-state index in [0.717, 1.165) is 14.7 Å². The predicted octanol–water partition coefficient (Wildman–Crippen LogP) is 4.40. The van der Waals surface area contributed by atoms with Gasteiger partial charge in [0.25, 0.3) is 0 Å². The minimum atomic E-state index is -0.373. The largest absolute Gasteiger partial charge is 0.494 e. The third-order valence-corrected chi connectivity index (χ3v) is 4.28. The molecule has 0 aliphatic heterocycles. The Kier molecular flexibility index (Phi) is 5.23. The SMILES string of the molecule is CNC(c1ccc(OC)c(F)c1)c1cc(Cl)ccc1I. The Bertz CT molecular complexity index is 621. The Morgan fingerprint density at radius 1 is 1.25 bits per heavy atom. The average Bonchev–Trinajstić information content (AvgIpc) is 2.44. The molecule has 20 heavy (non-hydrogen) atoms. The fraction of sp³-hybridized carbons (Fsp3) is 0.200. The summed E-state index contributed by atoms with van der Waals surface area (Å²) in [5.74, 6) is -0.133. The lowest BCUT2D eigenvalue weighted by atomic mass is 9.98. The van der Waals surface area contributed by atoms with Crippen molar-refractivity contribution in [2.24, 2.45) is 0 Å². The Balaban J connectivity index is 2.46. The van der Waals surface area contributed by atoms with Gasteiger partial charge in [-0.3, -0.25) is 0 Å². The molecule has 5 heteroatoms. The maximum absolute atomic E-state index is 13.9. The Hall–Kier alpha value is -0.850. The molecule has 1 N–H and O–H groups in total. The van der Waals surface area contributed by atoms with E-state index in [2.05, 4.69) is 27.9 Å². The van der Waals surface area contributed by atoms with Crippen LogP contribution in [0, 0.1) is 9.39 Å². The van der Waals surface area contributed by atoms with Gasteiger partial charge < -0.3 is 10.1 Å². The summed E-state index contributed by atoms with van der Waals surface area (Å²) in [6.07, 6.45) is 0. The molecule has 0 radical (unpaired) electrons. The molecule has 0 spiro atoms. The Labute approximate surface area is 136 Å². The van der Waals surface area contributed by atoms with Crippen LogP contribution in [0.1, 0.15) is 17.2 Å². The molecule has 0 bridgehead atoms. The number of ether oxygens (including phenoxy) is 1. The first-order valence-electron chi connectivity index (χ1n) is 6.02. The topological polar surface area (TPSA) is 21.3 Å². The molecule has 0 fully saturated rings. The number of rotatable bonds is 4. The molecule has 0 saturated heterocycles. The van der Waals surface area contributed by atoms with Gasteiger partial charge in [0, 0.05) is 8.59 Å². The van der Waals surface area contributed by atoms with Gasteiger partial charge in [0.2, 0.25) is 0 Å². The van der Waals surface area contributed by atoms with Crippen LogP contribution in [-0.2, 0) is 0 Å². The summed E-state index contributed by atoms with van der Waals surface area (Å²) < 4.78 is 19.9. The van der Waals surface area contributed by atoms with E-state index in [0.29, 0.717) is 5.02 Å². The number of benzene rings is 2. The molecule has 1 unspecified atom stereocenters. The molecule has 2 rings (SSSR count). The highest BCUT2D eigenvalue weighted by molar-refractivity contribution is 14.1. The smallest absolute Gasteiger partial charge is 0.165 e. The molecule has 0 heterocycles. The molecular formula is C15H14ClFINO. The monoisotopic (exact) mass is 405 g/mol. The number of hydrogen-bond donors (Lipinski definition) is 1. The highest BCUT2D eigenvalue weighted by Crippen LogP contribution is 2.30. The second-order valence-corrected chi connectivity index (χ2v) is 5.88. The zero-order valence-electron chi connectivity index (χ0n) is 11.1. The zero-order valence-corrected chi connectivity index (χ0v) is 14.0. The van der Waals surface area contributed by atoms with Gasteiger partial charge in [-0.25, -0.2) is 4.39 Å². The molecule has 1 atom stereocenters. The highest BCUT2D eigenvalue weighted by atomic mass is 127. The quantitative estimate of drug-likeness (QED) is 0.761. The van der Waals surface area contributed by atoms with Crippen LogP contribution >= 0.6 is 34.2 Å². The molecular weight excluding hydrogens is 392 g/mol. The standard InChI is InChI=1S/C15H14ClFINO/c1-19-15(11-8-10(16)4-5-13(11)18)9-3-6-14(20-2)12(17)7-9/h3-8,15,19H,1-2H3. The Morgan fingerprint density at radius 3 is 2.60 bits per heavy atom. The summed E-state index contributed by atoms with van der Waals surface area (Å²) in [6.45, 7) is 0. The summed E-state index contributed by atoms with van der Waals surface area (Å²) in [6, 6.07) is 10.5. The second-order valence-electron chi connectivity index (χ2n) is 4.28. The van der Waals surface area contributed by atoms with Gasteiger partial charge in [-0.15, -0.1) is 0 Å². The van der Waals surface area contributed by atoms with E-state index in [1.54, 1.807) is 6.07 Å². The van der Waals surface area contributed by atoms with E-state index in [9.17, 15) is 4.39 Å². The predicted molar refractivity (Wildman–Crippen MR) is 88.0 cm³/mol. The summed E-state index contributed by atoms with van der Waals surface area (Å²) in [5.41, 5.74) is 1.84. The highest BCUT2D eigenvalue weighted by Gasteiger charge is 2.17. The average molecular weight is 406 g/mol. The number of nitrogens with one attached hydrogen (secondary N) is 1. The minimum absolute atomic E-state index is 0.124. The lowest BCUT2D eigenvalue weighted by Gasteiger charge is -2.19. The van der Waals surface area contributed by atoms with E-state index in [-0.39, 0.29) is 17.6 Å². The molecule has 2 aromatic rings. The molecule has 0 aliphatic rings. The maximum atomic E-state index is 13.9. The number of halogens is 3. The van der Waals surface area contributed by atoms with Crippen molar-refractivity contribution in [2.45, 2.75) is 6.04 Å². The lowest BCUT2D eigenvalue weighted by molar-refractivity contribution is 0.386. The van der Waals surface area contributed by atoms with Crippen molar-refractivity contribution in [2.75, 3.05) is 14.2 Å². The van der Waals surface area contributed by atoms with E-state index in [1.165, 1.54) is 13.2 Å². The molecule has 106 valence electrons. The van der Waals surface area contributed by atoms with Crippen molar-refractivity contribution in [3.05, 3.63) is 61.9 Å². The van der Waals surface area contributed by atoms with Gasteiger partial charge in [0.05, 0.1) is 13.2 Å². The van der Waals surface area contributed by atoms with Crippen LogP contribution in [0.2, 0.25) is 5.02 Å². The molecule has 2 aromatic carbocycles. The van der Waals surface area contributed by atoms with Crippen molar-refractivity contribution in [1.82, 2.24) is 5.32 Å². The first kappa shape index (κ1) is 15.5. The van der Waals surface area contributed by atoms with Crippen LogP contribution in [0.15, 0.2) is 36.4 Å². The summed E-state index contributed by atoms with van der Waals surface area (Å²) >= 11 is 8.31. The normalized spacial score (nSPS) is 12.2. The Morgan fingerprint density at radius 2 is 2.00 bits per heavy atom. The molecule has 2 nitrogen and oxygen atoms in total. The third kappa shape index (κ3) is 3.24. The lowest BCUT2D eigenvalue weighted by Crippen LogP contribution is -2.19. The second kappa shape index (κ2) is 6.74. The van der Waals surface area contributed by atoms with Gasteiger partial charge in [0.15, 0.2) is 11.6 Å². The van der Waals surface area contributed by atoms with Crippen LogP contribution < -0.4 is 10.1 Å². The van der Waals surface area contributed by atoms with Gasteiger partial charge in [-0.2, -0.15) is 0 Å². The molecule has 0 amide bonds. The zero-order chi connectivity index (χ0) is 14.7. The molecule has 0 aliphatic carbocycles. The van der Waals surface area contributed by atoms with E-state index in [1.807, 2.05) is 31.3 Å². The third-order valence-electron chi connectivity index (χ3n) is 3.07. The van der Waals surface area contributed by atoms with Gasteiger partial charge in [0.1, 0.15) is 0 Å². The van der Waals surface area contributed by atoms with Crippen LogP contribution in [0.4, 0.5) is 4.39 Å². The number of methoxy groups -OCH3 is 1. The van der Waals surface area contributed by atoms with Crippen LogP contribution in [0.25, 0.3) is 0 Å². The van der Waals surface area contributed by atoms with Gasteiger partial charge in [-0.05, 0) is 71.1 Å². The van der Waals surface area contributed by atoms with Crippen molar-refractivity contribution in [3.8, 4) is 5.75 Å². The van der Waals surface area contributed by atoms with Crippen LogP contribution in [-0.4, -0.2) is 14.2 Å². The summed E-state index contributed by atoms with van der Waals surface area (Å²) in [5, 5.41) is 3.86. The van der Waals surface area contributed by atoms with Crippen molar-refractivity contribution in [3.63, 3.8) is 0 Å². The maximum Gasteiger partial charge on any atom is 0.165 e. The van der Waals surface area contributed by atoms with Crippen molar-refractivity contribution in [1.29, 1.82) is 0 Å². The first-order valence-corrected chi connectivity index (χ1v) is 7.48. The minimum Gasteiger partial charge on any atom is -0.494 e. The van der Waals surface area contributed by atoms with Crippen LogP contribution in [0.5, 0.6) is 5.75 Å². The first-order chi connectivity index (χ1) is 9.56. The van der Waals surface area contributed by atoms with Gasteiger partial charge in [-0.1, -0.05) is 17.7 Å².